The predicted molar refractivity (Wildman–Crippen MR) is 120 cm³/mol. The van der Waals surface area contributed by atoms with Gasteiger partial charge in [-0.3, -0.25) is 4.68 Å². The van der Waals surface area contributed by atoms with Gasteiger partial charge in [0.15, 0.2) is 11.5 Å². The topological polar surface area (TPSA) is 93.0 Å². The molecule has 4 aromatic rings. The Hall–Kier alpha value is -3.46. The van der Waals surface area contributed by atoms with E-state index in [1.165, 1.54) is 0 Å². The van der Waals surface area contributed by atoms with Crippen LogP contribution in [0.1, 0.15) is 49.7 Å². The van der Waals surface area contributed by atoms with Crippen LogP contribution in [0.4, 0.5) is 0 Å². The van der Waals surface area contributed by atoms with Crippen LogP contribution in [0.3, 0.4) is 0 Å². The number of hydrogen-bond acceptors (Lipinski definition) is 7. The van der Waals surface area contributed by atoms with Gasteiger partial charge in [-0.1, -0.05) is 19.0 Å². The molecule has 0 N–H and O–H groups in total. The lowest BCUT2D eigenvalue weighted by Crippen LogP contribution is -2.17. The van der Waals surface area contributed by atoms with Gasteiger partial charge in [-0.15, -0.1) is 0 Å². The fourth-order valence-electron chi connectivity index (χ4n) is 4.70. The Morgan fingerprint density at radius 2 is 2.18 bits per heavy atom. The number of benzene rings is 1. The molecule has 1 fully saturated rings. The molecule has 9 heteroatoms. The Bertz CT molecular complexity index is 1310. The number of hydrogen-bond donors (Lipinski definition) is 0. The second-order valence-electron chi connectivity index (χ2n) is 8.92. The second-order valence-corrected chi connectivity index (χ2v) is 8.92. The average molecular weight is 447 g/mol. The van der Waals surface area contributed by atoms with Gasteiger partial charge < -0.3 is 18.6 Å². The van der Waals surface area contributed by atoms with Crippen LogP contribution in [0.5, 0.6) is 5.75 Å². The van der Waals surface area contributed by atoms with Crippen LogP contribution < -0.4 is 4.74 Å². The van der Waals surface area contributed by atoms with E-state index in [1.54, 1.807) is 7.11 Å². The fourth-order valence-corrected chi connectivity index (χ4v) is 4.70. The maximum absolute atomic E-state index is 5.90. The lowest BCUT2D eigenvalue weighted by Gasteiger charge is -2.16. The molecule has 0 aliphatic carbocycles. The maximum Gasteiger partial charge on any atom is 0.278 e. The van der Waals surface area contributed by atoms with Gasteiger partial charge in [0.05, 0.1) is 43.0 Å². The molecule has 1 unspecified atom stereocenters. The number of ether oxygens (including phenoxy) is 2. The maximum atomic E-state index is 5.90. The normalized spacial score (nSPS) is 17.0. The smallest absolute Gasteiger partial charge is 0.278 e. The Kier molecular flexibility index (Phi) is 4.79. The first kappa shape index (κ1) is 20.2. The zero-order chi connectivity index (χ0) is 22.5. The summed E-state index contributed by atoms with van der Waals surface area (Å²) in [6, 6.07) is 6.10. The van der Waals surface area contributed by atoms with Crippen molar-refractivity contribution in [1.29, 1.82) is 0 Å². The number of imidazole rings is 1. The van der Waals surface area contributed by atoms with Gasteiger partial charge in [-0.05, 0) is 31.0 Å². The first-order valence-corrected chi connectivity index (χ1v) is 11.4. The molecule has 0 radical (unpaired) electrons. The molecule has 0 spiro atoms. The highest BCUT2D eigenvalue weighted by atomic mass is 16.5. The standard InChI is InChI=1S/C24H26N6O3/c1-14(2)23-27-24(33-28-23)21-20-9-15-11-26-30(12-17-5-4-8-32-17)22(15)18-10-16(31-3)6-7-19(18)29(20)13-25-21/h6-7,10-11,13-14,17H,4-5,8-9,12H2,1-3H3. The third kappa shape index (κ3) is 3.34. The van der Waals surface area contributed by atoms with Crippen LogP contribution >= 0.6 is 0 Å². The Labute approximate surface area is 191 Å². The molecular formula is C24H26N6O3. The van der Waals surface area contributed by atoms with E-state index in [1.807, 2.05) is 32.4 Å². The van der Waals surface area contributed by atoms with Crippen molar-refractivity contribution in [2.24, 2.45) is 0 Å². The number of fused-ring (bicyclic) bond motifs is 5. The molecule has 170 valence electrons. The Balaban J connectivity index is 1.51. The molecule has 3 aromatic heterocycles. The van der Waals surface area contributed by atoms with E-state index in [4.69, 9.17) is 19.1 Å². The van der Waals surface area contributed by atoms with Crippen LogP contribution in [0, 0.1) is 0 Å². The van der Waals surface area contributed by atoms with Gasteiger partial charge in [-0.2, -0.15) is 10.1 Å². The van der Waals surface area contributed by atoms with E-state index in [-0.39, 0.29) is 12.0 Å². The van der Waals surface area contributed by atoms with Crippen molar-refractivity contribution in [3.63, 3.8) is 0 Å². The van der Waals surface area contributed by atoms with Gasteiger partial charge in [0.1, 0.15) is 12.1 Å². The summed E-state index contributed by atoms with van der Waals surface area (Å²) in [4.78, 5) is 9.27. The van der Waals surface area contributed by atoms with Crippen LogP contribution in [-0.4, -0.2) is 49.3 Å². The number of methoxy groups -OCH3 is 1. The highest BCUT2D eigenvalue weighted by Crippen LogP contribution is 2.40. The van der Waals surface area contributed by atoms with Crippen LogP contribution in [0.15, 0.2) is 35.2 Å². The number of rotatable bonds is 5. The van der Waals surface area contributed by atoms with Crippen LogP contribution in [0.2, 0.25) is 0 Å². The summed E-state index contributed by atoms with van der Waals surface area (Å²) in [6.07, 6.45) is 6.78. The summed E-state index contributed by atoms with van der Waals surface area (Å²) in [5, 5.41) is 8.89. The van der Waals surface area contributed by atoms with E-state index >= 15 is 0 Å². The first-order valence-electron chi connectivity index (χ1n) is 11.4. The van der Waals surface area contributed by atoms with Gasteiger partial charge >= 0.3 is 0 Å². The SMILES string of the molecule is COc1ccc2c(c1)-c1c(cnn1CC1CCCO1)Cc1c(-c3nc(C(C)C)no3)ncn1-2. The predicted octanol–water partition coefficient (Wildman–Crippen LogP) is 4.00. The van der Waals surface area contributed by atoms with Crippen molar-refractivity contribution >= 4 is 0 Å². The summed E-state index contributed by atoms with van der Waals surface area (Å²) < 4.78 is 21.2. The van der Waals surface area contributed by atoms with E-state index < -0.39 is 0 Å². The van der Waals surface area contributed by atoms with Crippen molar-refractivity contribution in [3.05, 3.63) is 47.8 Å². The summed E-state index contributed by atoms with van der Waals surface area (Å²) >= 11 is 0. The zero-order valence-corrected chi connectivity index (χ0v) is 19.0. The molecule has 0 amide bonds. The molecular weight excluding hydrogens is 420 g/mol. The average Bonchev–Trinajstić information content (AvgIpc) is 3.61. The second kappa shape index (κ2) is 7.84. The molecule has 9 nitrogen and oxygen atoms in total. The minimum Gasteiger partial charge on any atom is -0.497 e. The van der Waals surface area contributed by atoms with Crippen molar-refractivity contribution in [2.75, 3.05) is 13.7 Å². The zero-order valence-electron chi connectivity index (χ0n) is 19.0. The Morgan fingerprint density at radius 1 is 1.27 bits per heavy atom. The van der Waals surface area contributed by atoms with Gasteiger partial charge in [0, 0.05) is 30.1 Å². The monoisotopic (exact) mass is 446 g/mol. The largest absolute Gasteiger partial charge is 0.497 e. The number of aromatic nitrogens is 6. The van der Waals surface area contributed by atoms with Gasteiger partial charge in [0.2, 0.25) is 0 Å². The molecule has 2 aliphatic heterocycles. The third-order valence-corrected chi connectivity index (χ3v) is 6.42. The summed E-state index contributed by atoms with van der Waals surface area (Å²) in [5.74, 6) is 2.10. The molecule has 5 heterocycles. The Morgan fingerprint density at radius 3 is 2.94 bits per heavy atom. The van der Waals surface area contributed by atoms with Crippen molar-refractivity contribution in [2.45, 2.75) is 51.7 Å². The van der Waals surface area contributed by atoms with Crippen molar-refractivity contribution < 1.29 is 14.0 Å². The number of nitrogens with zero attached hydrogens (tertiary/aromatic N) is 6. The molecule has 0 bridgehead atoms. The first-order chi connectivity index (χ1) is 16.1. The van der Waals surface area contributed by atoms with E-state index in [9.17, 15) is 0 Å². The summed E-state index contributed by atoms with van der Waals surface area (Å²) in [6.45, 7) is 5.64. The molecule has 2 aliphatic rings. The highest BCUT2D eigenvalue weighted by Gasteiger charge is 2.29. The minimum atomic E-state index is 0.180. The quantitative estimate of drug-likeness (QED) is 0.403. The van der Waals surface area contributed by atoms with E-state index in [2.05, 4.69) is 36.5 Å². The van der Waals surface area contributed by atoms with Crippen LogP contribution in [-0.2, 0) is 17.7 Å². The molecule has 33 heavy (non-hydrogen) atoms. The molecule has 1 aromatic carbocycles. The molecule has 0 saturated carbocycles. The summed E-state index contributed by atoms with van der Waals surface area (Å²) in [5.41, 5.74) is 5.97. The lowest BCUT2D eigenvalue weighted by atomic mass is 10.0. The fraction of sp³-hybridized carbons (Fsp3) is 0.417. The molecule has 1 saturated heterocycles. The van der Waals surface area contributed by atoms with E-state index in [0.29, 0.717) is 23.8 Å². The third-order valence-electron chi connectivity index (χ3n) is 6.42. The lowest BCUT2D eigenvalue weighted by molar-refractivity contribution is 0.0944. The molecule has 6 rings (SSSR count). The molecule has 1 atom stereocenters. The van der Waals surface area contributed by atoms with E-state index in [0.717, 1.165) is 59.9 Å². The van der Waals surface area contributed by atoms with Crippen molar-refractivity contribution in [3.8, 4) is 34.3 Å². The summed E-state index contributed by atoms with van der Waals surface area (Å²) in [7, 11) is 1.69. The van der Waals surface area contributed by atoms with Crippen LogP contribution in [0.25, 0.3) is 28.5 Å². The minimum absolute atomic E-state index is 0.180. The van der Waals surface area contributed by atoms with Gasteiger partial charge in [-0.25, -0.2) is 4.98 Å². The van der Waals surface area contributed by atoms with Crippen molar-refractivity contribution in [1.82, 2.24) is 29.5 Å². The van der Waals surface area contributed by atoms with Gasteiger partial charge in [0.25, 0.3) is 5.89 Å². The highest BCUT2D eigenvalue weighted by molar-refractivity contribution is 5.77.